The number of hydrogen-bond donors (Lipinski definition) is 1. The summed E-state index contributed by atoms with van der Waals surface area (Å²) in [6, 6.07) is 5.93. The molecule has 0 spiro atoms. The van der Waals surface area contributed by atoms with Crippen LogP contribution in [0.25, 0.3) is 0 Å². The molecule has 1 saturated carbocycles. The van der Waals surface area contributed by atoms with Crippen molar-refractivity contribution < 1.29 is 17.5 Å². The number of nitrogens with one attached hydrogen (secondary N) is 1. The Bertz CT molecular complexity index is 562. The molecule has 0 aliphatic heterocycles. The maximum Gasteiger partial charge on any atom is 0.211 e. The maximum absolute atomic E-state index is 13.1. The van der Waals surface area contributed by atoms with Gasteiger partial charge in [-0.15, -0.1) is 0 Å². The van der Waals surface area contributed by atoms with E-state index in [1.54, 1.807) is 19.1 Å². The SMILES string of the molecule is CCS(=O)(=O)N[C@@H]1CCCC[C@H]1COc1cccc(F)c1. The highest BCUT2D eigenvalue weighted by molar-refractivity contribution is 7.89. The third-order valence-electron chi connectivity index (χ3n) is 3.88. The molecule has 0 unspecified atom stereocenters. The lowest BCUT2D eigenvalue weighted by molar-refractivity contribution is 0.180. The molecule has 0 radical (unpaired) electrons. The molecule has 0 heterocycles. The number of hydrogen-bond acceptors (Lipinski definition) is 3. The Balaban J connectivity index is 1.96. The van der Waals surface area contributed by atoms with Crippen LogP contribution in [0.5, 0.6) is 5.75 Å². The number of benzene rings is 1. The molecule has 4 nitrogen and oxygen atoms in total. The second kappa shape index (κ2) is 7.22. The molecule has 2 rings (SSSR count). The van der Waals surface area contributed by atoms with Crippen molar-refractivity contribution in [2.45, 2.75) is 38.6 Å². The fraction of sp³-hybridized carbons (Fsp3) is 0.600. The molecular weight excluding hydrogens is 293 g/mol. The largest absolute Gasteiger partial charge is 0.493 e. The molecule has 21 heavy (non-hydrogen) atoms. The second-order valence-corrected chi connectivity index (χ2v) is 7.48. The van der Waals surface area contributed by atoms with E-state index in [0.717, 1.165) is 25.7 Å². The lowest BCUT2D eigenvalue weighted by Crippen LogP contribution is -2.44. The Morgan fingerprint density at radius 3 is 2.81 bits per heavy atom. The van der Waals surface area contributed by atoms with Gasteiger partial charge in [0.05, 0.1) is 12.4 Å². The Morgan fingerprint density at radius 2 is 2.10 bits per heavy atom. The zero-order chi connectivity index (χ0) is 15.3. The van der Waals surface area contributed by atoms with Crippen molar-refractivity contribution in [1.29, 1.82) is 0 Å². The Labute approximate surface area is 125 Å². The number of rotatable bonds is 6. The van der Waals surface area contributed by atoms with Crippen molar-refractivity contribution in [3.63, 3.8) is 0 Å². The lowest BCUT2D eigenvalue weighted by Gasteiger charge is -2.31. The van der Waals surface area contributed by atoms with Gasteiger partial charge in [0.25, 0.3) is 0 Å². The zero-order valence-electron chi connectivity index (χ0n) is 12.2. The molecule has 1 aliphatic rings. The van der Waals surface area contributed by atoms with E-state index in [9.17, 15) is 12.8 Å². The summed E-state index contributed by atoms with van der Waals surface area (Å²) in [4.78, 5) is 0. The highest BCUT2D eigenvalue weighted by Gasteiger charge is 2.28. The molecule has 0 aromatic heterocycles. The average molecular weight is 315 g/mol. The summed E-state index contributed by atoms with van der Waals surface area (Å²) >= 11 is 0. The van der Waals surface area contributed by atoms with Gasteiger partial charge in [-0.3, -0.25) is 0 Å². The van der Waals surface area contributed by atoms with Gasteiger partial charge in [-0.25, -0.2) is 17.5 Å². The number of ether oxygens (including phenoxy) is 1. The Morgan fingerprint density at radius 1 is 1.33 bits per heavy atom. The number of halogens is 1. The highest BCUT2D eigenvalue weighted by Crippen LogP contribution is 2.26. The molecule has 0 amide bonds. The van der Waals surface area contributed by atoms with E-state index in [1.165, 1.54) is 12.1 Å². The van der Waals surface area contributed by atoms with Gasteiger partial charge >= 0.3 is 0 Å². The third kappa shape index (κ3) is 4.97. The molecule has 1 N–H and O–H groups in total. The zero-order valence-corrected chi connectivity index (χ0v) is 13.0. The van der Waals surface area contributed by atoms with E-state index in [1.807, 2.05) is 0 Å². The summed E-state index contributed by atoms with van der Waals surface area (Å²) in [7, 11) is -3.21. The quantitative estimate of drug-likeness (QED) is 0.878. The van der Waals surface area contributed by atoms with Crippen LogP contribution in [0.15, 0.2) is 24.3 Å². The van der Waals surface area contributed by atoms with Gasteiger partial charge in [-0.05, 0) is 31.9 Å². The van der Waals surface area contributed by atoms with Gasteiger partial charge < -0.3 is 4.74 Å². The minimum absolute atomic E-state index is 0.0843. The normalized spacial score (nSPS) is 23.0. The lowest BCUT2D eigenvalue weighted by atomic mass is 9.86. The molecule has 0 saturated heterocycles. The predicted molar refractivity (Wildman–Crippen MR) is 80.2 cm³/mol. The van der Waals surface area contributed by atoms with E-state index < -0.39 is 10.0 Å². The molecule has 0 bridgehead atoms. The average Bonchev–Trinajstić information content (AvgIpc) is 2.46. The van der Waals surface area contributed by atoms with Crippen molar-refractivity contribution in [2.24, 2.45) is 5.92 Å². The van der Waals surface area contributed by atoms with Gasteiger partial charge in [-0.1, -0.05) is 18.9 Å². The number of sulfonamides is 1. The first kappa shape index (κ1) is 16.2. The first-order chi connectivity index (χ1) is 10.00. The standard InChI is InChI=1S/C15H22FNO3S/c1-2-21(18,19)17-15-9-4-3-6-12(15)11-20-14-8-5-7-13(16)10-14/h5,7-8,10,12,15,17H,2-4,6,9,11H2,1H3/t12-,15+/m0/s1. The van der Waals surface area contributed by atoms with Crippen LogP contribution in [0, 0.1) is 11.7 Å². The van der Waals surface area contributed by atoms with E-state index in [4.69, 9.17) is 4.74 Å². The van der Waals surface area contributed by atoms with E-state index in [2.05, 4.69) is 4.72 Å². The smallest absolute Gasteiger partial charge is 0.211 e. The van der Waals surface area contributed by atoms with E-state index >= 15 is 0 Å². The van der Waals surface area contributed by atoms with Crippen LogP contribution in [0.2, 0.25) is 0 Å². The monoisotopic (exact) mass is 315 g/mol. The fourth-order valence-electron chi connectivity index (χ4n) is 2.64. The van der Waals surface area contributed by atoms with Crippen LogP contribution in [0.1, 0.15) is 32.6 Å². The van der Waals surface area contributed by atoms with Crippen molar-refractivity contribution >= 4 is 10.0 Å². The van der Waals surface area contributed by atoms with Gasteiger partial charge in [-0.2, -0.15) is 0 Å². The minimum atomic E-state index is -3.21. The Hall–Kier alpha value is -1.14. The van der Waals surface area contributed by atoms with E-state index in [-0.39, 0.29) is 23.5 Å². The molecule has 1 aromatic rings. The highest BCUT2D eigenvalue weighted by atomic mass is 32.2. The fourth-order valence-corrected chi connectivity index (χ4v) is 3.57. The van der Waals surface area contributed by atoms with Crippen LogP contribution in [-0.2, 0) is 10.0 Å². The van der Waals surface area contributed by atoms with Crippen LogP contribution in [-0.4, -0.2) is 26.8 Å². The summed E-state index contributed by atoms with van der Waals surface area (Å²) in [5, 5.41) is 0. The molecule has 1 aliphatic carbocycles. The predicted octanol–water partition coefficient (Wildman–Crippen LogP) is 2.70. The maximum atomic E-state index is 13.1. The summed E-state index contributed by atoms with van der Waals surface area (Å²) < 4.78 is 45.0. The minimum Gasteiger partial charge on any atom is -0.493 e. The summed E-state index contributed by atoms with van der Waals surface area (Å²) in [5.74, 6) is 0.362. The molecule has 2 atom stereocenters. The van der Waals surface area contributed by atoms with Crippen LogP contribution in [0.4, 0.5) is 4.39 Å². The van der Waals surface area contributed by atoms with Crippen molar-refractivity contribution in [2.75, 3.05) is 12.4 Å². The second-order valence-electron chi connectivity index (χ2n) is 5.44. The molecular formula is C15H22FNO3S. The summed E-state index contributed by atoms with van der Waals surface area (Å²) in [6.07, 6.45) is 3.84. The van der Waals surface area contributed by atoms with Gasteiger partial charge in [0.15, 0.2) is 0 Å². The van der Waals surface area contributed by atoms with Gasteiger partial charge in [0, 0.05) is 18.0 Å². The molecule has 118 valence electrons. The molecule has 1 aromatic carbocycles. The third-order valence-corrected chi connectivity index (χ3v) is 5.30. The van der Waals surface area contributed by atoms with Crippen molar-refractivity contribution in [3.05, 3.63) is 30.1 Å². The van der Waals surface area contributed by atoms with Crippen LogP contribution in [0.3, 0.4) is 0 Å². The van der Waals surface area contributed by atoms with Gasteiger partial charge in [0.2, 0.25) is 10.0 Å². The van der Waals surface area contributed by atoms with Crippen LogP contribution < -0.4 is 9.46 Å². The Kier molecular flexibility index (Phi) is 5.58. The van der Waals surface area contributed by atoms with Crippen LogP contribution >= 0.6 is 0 Å². The topological polar surface area (TPSA) is 55.4 Å². The molecule has 6 heteroatoms. The van der Waals surface area contributed by atoms with Gasteiger partial charge in [0.1, 0.15) is 11.6 Å². The first-order valence-corrected chi connectivity index (χ1v) is 9.04. The van der Waals surface area contributed by atoms with Crippen molar-refractivity contribution in [3.8, 4) is 5.75 Å². The molecule has 1 fully saturated rings. The van der Waals surface area contributed by atoms with E-state index in [0.29, 0.717) is 12.4 Å². The summed E-state index contributed by atoms with van der Waals surface area (Å²) in [6.45, 7) is 2.03. The summed E-state index contributed by atoms with van der Waals surface area (Å²) in [5.41, 5.74) is 0. The van der Waals surface area contributed by atoms with Crippen molar-refractivity contribution in [1.82, 2.24) is 4.72 Å². The first-order valence-electron chi connectivity index (χ1n) is 7.38.